The summed E-state index contributed by atoms with van der Waals surface area (Å²) in [6.45, 7) is 4.83. The van der Waals surface area contributed by atoms with Crippen LogP contribution in [0.25, 0.3) is 0 Å². The van der Waals surface area contributed by atoms with Crippen molar-refractivity contribution in [2.45, 2.75) is 13.3 Å². The van der Waals surface area contributed by atoms with Crippen molar-refractivity contribution >= 4 is 5.91 Å². The molecule has 1 aromatic rings. The number of benzene rings is 1. The van der Waals surface area contributed by atoms with Gasteiger partial charge < -0.3 is 15.4 Å². The zero-order valence-electron chi connectivity index (χ0n) is 10.8. The highest BCUT2D eigenvalue weighted by Crippen LogP contribution is 2.19. The zero-order chi connectivity index (χ0) is 13.0. The van der Waals surface area contributed by atoms with E-state index in [2.05, 4.69) is 0 Å². The van der Waals surface area contributed by atoms with E-state index in [0.717, 1.165) is 30.8 Å². The first-order valence-corrected chi connectivity index (χ1v) is 6.46. The number of carbonyl (C=O) groups excluding carboxylic acids is 1. The van der Waals surface area contributed by atoms with E-state index in [-0.39, 0.29) is 5.91 Å². The van der Waals surface area contributed by atoms with Crippen molar-refractivity contribution in [3.05, 3.63) is 29.8 Å². The molecule has 1 heterocycles. The summed E-state index contributed by atoms with van der Waals surface area (Å²) >= 11 is 0. The van der Waals surface area contributed by atoms with Crippen molar-refractivity contribution in [3.63, 3.8) is 0 Å². The summed E-state index contributed by atoms with van der Waals surface area (Å²) in [6.07, 6.45) is 1.01. The SMILES string of the molecule is CCOc1ccc(C(=O)N2CC[C@@H](CN)C2)cc1. The van der Waals surface area contributed by atoms with E-state index in [0.29, 0.717) is 19.1 Å². The van der Waals surface area contributed by atoms with Crippen molar-refractivity contribution in [2.24, 2.45) is 11.7 Å². The Kier molecular flexibility index (Phi) is 4.20. The van der Waals surface area contributed by atoms with Gasteiger partial charge in [0.25, 0.3) is 5.91 Å². The summed E-state index contributed by atoms with van der Waals surface area (Å²) in [6, 6.07) is 7.33. The van der Waals surface area contributed by atoms with Crippen LogP contribution in [0.3, 0.4) is 0 Å². The summed E-state index contributed by atoms with van der Waals surface area (Å²) in [4.78, 5) is 14.1. The fourth-order valence-corrected chi connectivity index (χ4v) is 2.25. The van der Waals surface area contributed by atoms with Gasteiger partial charge in [-0.25, -0.2) is 0 Å². The van der Waals surface area contributed by atoms with E-state index < -0.39 is 0 Å². The minimum absolute atomic E-state index is 0.0917. The molecular weight excluding hydrogens is 228 g/mol. The van der Waals surface area contributed by atoms with Gasteiger partial charge in [0.05, 0.1) is 6.61 Å². The lowest BCUT2D eigenvalue weighted by Gasteiger charge is -2.16. The topological polar surface area (TPSA) is 55.6 Å². The van der Waals surface area contributed by atoms with Crippen LogP contribution in [-0.4, -0.2) is 37.0 Å². The van der Waals surface area contributed by atoms with Crippen LogP contribution in [0, 0.1) is 5.92 Å². The minimum Gasteiger partial charge on any atom is -0.494 e. The quantitative estimate of drug-likeness (QED) is 0.878. The number of hydrogen-bond acceptors (Lipinski definition) is 3. The lowest BCUT2D eigenvalue weighted by atomic mass is 10.1. The first kappa shape index (κ1) is 12.9. The largest absolute Gasteiger partial charge is 0.494 e. The predicted molar refractivity (Wildman–Crippen MR) is 70.7 cm³/mol. The van der Waals surface area contributed by atoms with Crippen molar-refractivity contribution < 1.29 is 9.53 Å². The van der Waals surface area contributed by atoms with E-state index in [1.165, 1.54) is 0 Å². The van der Waals surface area contributed by atoms with Crippen LogP contribution in [0.2, 0.25) is 0 Å². The van der Waals surface area contributed by atoms with E-state index >= 15 is 0 Å². The molecule has 1 aliphatic rings. The van der Waals surface area contributed by atoms with Crippen LogP contribution in [-0.2, 0) is 0 Å². The van der Waals surface area contributed by atoms with Crippen LogP contribution in [0.5, 0.6) is 5.75 Å². The molecule has 1 aliphatic heterocycles. The Morgan fingerprint density at radius 3 is 2.72 bits per heavy atom. The normalized spacial score (nSPS) is 19.0. The van der Waals surface area contributed by atoms with Gasteiger partial charge in [-0.15, -0.1) is 0 Å². The summed E-state index contributed by atoms with van der Waals surface area (Å²) in [5.41, 5.74) is 6.35. The standard InChI is InChI=1S/C14H20N2O2/c1-2-18-13-5-3-12(4-6-13)14(17)16-8-7-11(9-15)10-16/h3-6,11H,2,7-10,15H2,1H3/t11-/m0/s1. The predicted octanol–water partition coefficient (Wildman–Crippen LogP) is 1.51. The maximum absolute atomic E-state index is 12.2. The van der Waals surface area contributed by atoms with Gasteiger partial charge in [-0.05, 0) is 50.1 Å². The Morgan fingerprint density at radius 2 is 2.17 bits per heavy atom. The Balaban J connectivity index is 2.00. The molecule has 1 atom stereocenters. The fraction of sp³-hybridized carbons (Fsp3) is 0.500. The lowest BCUT2D eigenvalue weighted by Crippen LogP contribution is -2.29. The second-order valence-corrected chi connectivity index (χ2v) is 4.60. The molecule has 2 rings (SSSR count). The molecule has 4 nitrogen and oxygen atoms in total. The Labute approximate surface area is 108 Å². The molecule has 1 saturated heterocycles. The first-order chi connectivity index (χ1) is 8.74. The average Bonchev–Trinajstić information content (AvgIpc) is 2.88. The molecule has 1 aromatic carbocycles. The molecular formula is C14H20N2O2. The molecule has 0 saturated carbocycles. The van der Waals surface area contributed by atoms with Crippen molar-refractivity contribution in [2.75, 3.05) is 26.2 Å². The number of ether oxygens (including phenoxy) is 1. The first-order valence-electron chi connectivity index (χ1n) is 6.46. The second-order valence-electron chi connectivity index (χ2n) is 4.60. The van der Waals surface area contributed by atoms with Crippen molar-refractivity contribution in [3.8, 4) is 5.75 Å². The molecule has 0 radical (unpaired) electrons. The number of nitrogens with zero attached hydrogens (tertiary/aromatic N) is 1. The number of likely N-dealkylation sites (tertiary alicyclic amines) is 1. The summed E-state index contributed by atoms with van der Waals surface area (Å²) < 4.78 is 5.36. The van der Waals surface area contributed by atoms with Gasteiger partial charge in [0.1, 0.15) is 5.75 Å². The molecule has 0 spiro atoms. The van der Waals surface area contributed by atoms with Gasteiger partial charge in [-0.1, -0.05) is 0 Å². The van der Waals surface area contributed by atoms with E-state index in [4.69, 9.17) is 10.5 Å². The highest BCUT2D eigenvalue weighted by molar-refractivity contribution is 5.94. The molecule has 98 valence electrons. The van der Waals surface area contributed by atoms with E-state index in [1.807, 2.05) is 36.1 Å². The molecule has 1 fully saturated rings. The zero-order valence-corrected chi connectivity index (χ0v) is 10.8. The Morgan fingerprint density at radius 1 is 1.44 bits per heavy atom. The number of amides is 1. The van der Waals surface area contributed by atoms with Gasteiger partial charge >= 0.3 is 0 Å². The summed E-state index contributed by atoms with van der Waals surface area (Å²) in [5.74, 6) is 1.35. The molecule has 0 aliphatic carbocycles. The highest BCUT2D eigenvalue weighted by atomic mass is 16.5. The Hall–Kier alpha value is -1.55. The maximum Gasteiger partial charge on any atom is 0.253 e. The number of carbonyl (C=O) groups is 1. The van der Waals surface area contributed by atoms with Gasteiger partial charge in [-0.3, -0.25) is 4.79 Å². The maximum atomic E-state index is 12.2. The van der Waals surface area contributed by atoms with Crippen LogP contribution in [0.4, 0.5) is 0 Å². The van der Waals surface area contributed by atoms with Gasteiger partial charge in [-0.2, -0.15) is 0 Å². The number of rotatable bonds is 4. The van der Waals surface area contributed by atoms with Gasteiger partial charge in [0.2, 0.25) is 0 Å². The molecule has 18 heavy (non-hydrogen) atoms. The van der Waals surface area contributed by atoms with Crippen LogP contribution < -0.4 is 10.5 Å². The van der Waals surface area contributed by atoms with Gasteiger partial charge in [0, 0.05) is 18.7 Å². The molecule has 0 aromatic heterocycles. The molecule has 1 amide bonds. The third-order valence-corrected chi connectivity index (χ3v) is 3.32. The molecule has 4 heteroatoms. The molecule has 2 N–H and O–H groups in total. The van der Waals surface area contributed by atoms with Crippen molar-refractivity contribution in [1.82, 2.24) is 4.90 Å². The lowest BCUT2D eigenvalue weighted by molar-refractivity contribution is 0.0787. The third kappa shape index (κ3) is 2.82. The second kappa shape index (κ2) is 5.87. The smallest absolute Gasteiger partial charge is 0.253 e. The van der Waals surface area contributed by atoms with Gasteiger partial charge in [0.15, 0.2) is 0 Å². The van der Waals surface area contributed by atoms with Crippen LogP contribution in [0.15, 0.2) is 24.3 Å². The third-order valence-electron chi connectivity index (χ3n) is 3.32. The summed E-state index contributed by atoms with van der Waals surface area (Å²) in [5, 5.41) is 0. The molecule has 0 unspecified atom stereocenters. The summed E-state index contributed by atoms with van der Waals surface area (Å²) in [7, 11) is 0. The number of hydrogen-bond donors (Lipinski definition) is 1. The van der Waals surface area contributed by atoms with E-state index in [1.54, 1.807) is 0 Å². The minimum atomic E-state index is 0.0917. The monoisotopic (exact) mass is 248 g/mol. The Bertz CT molecular complexity index is 403. The fourth-order valence-electron chi connectivity index (χ4n) is 2.25. The number of nitrogens with two attached hydrogens (primary N) is 1. The average molecular weight is 248 g/mol. The van der Waals surface area contributed by atoms with Crippen molar-refractivity contribution in [1.29, 1.82) is 0 Å². The highest BCUT2D eigenvalue weighted by Gasteiger charge is 2.25. The van der Waals surface area contributed by atoms with Crippen LogP contribution in [0.1, 0.15) is 23.7 Å². The van der Waals surface area contributed by atoms with Crippen LogP contribution >= 0.6 is 0 Å². The van der Waals surface area contributed by atoms with E-state index in [9.17, 15) is 4.79 Å². The molecule has 0 bridgehead atoms.